The summed E-state index contributed by atoms with van der Waals surface area (Å²) >= 11 is 0. The molecule has 1 heterocycles. The number of ketones is 1. The molecule has 0 saturated heterocycles. The van der Waals surface area contributed by atoms with Crippen LogP contribution in [0.3, 0.4) is 0 Å². The maximum atomic E-state index is 12.8. The number of Topliss-reactive ketones (excluding diaryl/α,β-unsaturated/α-hetero) is 1. The second kappa shape index (κ2) is 6.50. The summed E-state index contributed by atoms with van der Waals surface area (Å²) in [5.41, 5.74) is 3.98. The maximum absolute atomic E-state index is 12.8. The van der Waals surface area contributed by atoms with Gasteiger partial charge in [0.2, 0.25) is 5.91 Å². The highest BCUT2D eigenvalue weighted by Gasteiger charge is 2.37. The summed E-state index contributed by atoms with van der Waals surface area (Å²) in [6.45, 7) is 14.2. The van der Waals surface area contributed by atoms with Gasteiger partial charge in [-0.25, -0.2) is 0 Å². The van der Waals surface area contributed by atoms with Crippen LogP contribution in [0, 0.1) is 18.3 Å². The number of fused-ring (bicyclic) bond motifs is 1. The van der Waals surface area contributed by atoms with Gasteiger partial charge in [0.1, 0.15) is 0 Å². The smallest absolute Gasteiger partial charge is 0.224 e. The number of hydrogen-bond donors (Lipinski definition) is 1. The molecule has 2 rings (SSSR count). The van der Waals surface area contributed by atoms with Crippen LogP contribution in [0.1, 0.15) is 68.3 Å². The van der Waals surface area contributed by atoms with Crippen LogP contribution < -0.4 is 5.32 Å². The monoisotopic (exact) mass is 318 g/mol. The van der Waals surface area contributed by atoms with Gasteiger partial charge >= 0.3 is 0 Å². The van der Waals surface area contributed by atoms with E-state index in [4.69, 9.17) is 0 Å². The average molecular weight is 318 g/mol. The molecule has 1 aromatic rings. The Kier molecular flexibility index (Phi) is 5.02. The van der Waals surface area contributed by atoms with Crippen LogP contribution in [-0.4, -0.2) is 22.8 Å². The molecule has 1 aromatic heterocycles. The molecule has 1 aliphatic carbocycles. The molecule has 1 aliphatic rings. The molecule has 0 unspecified atom stereocenters. The number of nitrogens with one attached hydrogen (secondary N) is 1. The highest BCUT2D eigenvalue weighted by molar-refractivity contribution is 6.01. The first-order valence-corrected chi connectivity index (χ1v) is 8.67. The Labute approximate surface area is 139 Å². The van der Waals surface area contributed by atoms with E-state index in [-0.39, 0.29) is 17.1 Å². The van der Waals surface area contributed by atoms with Gasteiger partial charge in [-0.3, -0.25) is 9.59 Å². The Hall–Kier alpha value is -1.58. The van der Waals surface area contributed by atoms with Crippen molar-refractivity contribution >= 4 is 11.7 Å². The predicted octanol–water partition coefficient (Wildman–Crippen LogP) is 3.29. The van der Waals surface area contributed by atoms with Crippen molar-refractivity contribution < 1.29 is 9.59 Å². The summed E-state index contributed by atoms with van der Waals surface area (Å²) in [5.74, 6) is 0.696. The largest absolute Gasteiger partial charge is 0.356 e. The molecule has 0 aliphatic heterocycles. The van der Waals surface area contributed by atoms with E-state index in [2.05, 4.69) is 44.5 Å². The molecule has 0 saturated carbocycles. The van der Waals surface area contributed by atoms with E-state index in [9.17, 15) is 9.59 Å². The van der Waals surface area contributed by atoms with E-state index < -0.39 is 0 Å². The van der Waals surface area contributed by atoms with E-state index in [1.165, 1.54) is 0 Å². The standard InChI is InChI=1S/C19H30N2O2/c1-7-20-17(23)8-14-13(4)21(11-12(2)3)15-9-19(5,6)10-16(22)18(14)15/h12H,7-11H2,1-6H3,(H,20,23). The lowest BCUT2D eigenvalue weighted by Gasteiger charge is -2.30. The summed E-state index contributed by atoms with van der Waals surface area (Å²) < 4.78 is 2.29. The van der Waals surface area contributed by atoms with Gasteiger partial charge in [-0.15, -0.1) is 0 Å². The number of likely N-dealkylation sites (N-methyl/N-ethyl adjacent to an activating group) is 1. The first-order chi connectivity index (χ1) is 10.7. The van der Waals surface area contributed by atoms with E-state index >= 15 is 0 Å². The van der Waals surface area contributed by atoms with E-state index in [1.807, 2.05) is 6.92 Å². The van der Waals surface area contributed by atoms with Crippen LogP contribution in [0.4, 0.5) is 0 Å². The van der Waals surface area contributed by atoms with Gasteiger partial charge in [0.05, 0.1) is 6.42 Å². The third kappa shape index (κ3) is 3.67. The van der Waals surface area contributed by atoms with E-state index in [1.54, 1.807) is 0 Å². The van der Waals surface area contributed by atoms with Crippen molar-refractivity contribution in [1.29, 1.82) is 0 Å². The van der Waals surface area contributed by atoms with Crippen LogP contribution in [0.2, 0.25) is 0 Å². The fourth-order valence-electron chi connectivity index (χ4n) is 3.66. The van der Waals surface area contributed by atoms with Crippen molar-refractivity contribution in [1.82, 2.24) is 9.88 Å². The Balaban J connectivity index is 2.53. The second-order valence-electron chi connectivity index (χ2n) is 7.96. The molecular weight excluding hydrogens is 288 g/mol. The van der Waals surface area contributed by atoms with Crippen LogP contribution >= 0.6 is 0 Å². The van der Waals surface area contributed by atoms with Gasteiger partial charge in [-0.1, -0.05) is 27.7 Å². The summed E-state index contributed by atoms with van der Waals surface area (Å²) in [5, 5.41) is 2.85. The van der Waals surface area contributed by atoms with E-state index in [0.29, 0.717) is 25.3 Å². The third-order valence-corrected chi connectivity index (χ3v) is 4.58. The molecule has 1 amide bonds. The predicted molar refractivity (Wildman–Crippen MR) is 92.8 cm³/mol. The molecule has 0 bridgehead atoms. The molecule has 1 N–H and O–H groups in total. The van der Waals surface area contributed by atoms with Gasteiger partial charge in [0.25, 0.3) is 0 Å². The minimum absolute atomic E-state index is 0.00210. The SMILES string of the molecule is CCNC(=O)Cc1c2c(n(CC(C)C)c1C)CC(C)(C)CC2=O. The number of hydrogen-bond acceptors (Lipinski definition) is 2. The number of amides is 1. The molecule has 128 valence electrons. The molecule has 0 spiro atoms. The van der Waals surface area contributed by atoms with Gasteiger partial charge in [0.15, 0.2) is 5.78 Å². The number of nitrogens with zero attached hydrogens (tertiary/aromatic N) is 1. The lowest BCUT2D eigenvalue weighted by molar-refractivity contribution is -0.120. The van der Waals surface area contributed by atoms with Crippen LogP contribution in [0.25, 0.3) is 0 Å². The Morgan fingerprint density at radius 3 is 2.52 bits per heavy atom. The minimum Gasteiger partial charge on any atom is -0.356 e. The topological polar surface area (TPSA) is 51.1 Å². The van der Waals surface area contributed by atoms with Crippen molar-refractivity contribution in [3.63, 3.8) is 0 Å². The molecule has 4 heteroatoms. The Morgan fingerprint density at radius 2 is 1.96 bits per heavy atom. The molecular formula is C19H30N2O2. The third-order valence-electron chi connectivity index (χ3n) is 4.58. The van der Waals surface area contributed by atoms with Crippen LogP contribution in [0.15, 0.2) is 0 Å². The fourth-order valence-corrected chi connectivity index (χ4v) is 3.66. The minimum atomic E-state index is -0.00739. The molecule has 0 fully saturated rings. The van der Waals surface area contributed by atoms with Gasteiger partial charge < -0.3 is 9.88 Å². The Bertz CT molecular complexity index is 624. The maximum Gasteiger partial charge on any atom is 0.224 e. The summed E-state index contributed by atoms with van der Waals surface area (Å²) in [4.78, 5) is 24.9. The average Bonchev–Trinajstić information content (AvgIpc) is 2.63. The summed E-state index contributed by atoms with van der Waals surface area (Å²) in [7, 11) is 0. The zero-order valence-corrected chi connectivity index (χ0v) is 15.4. The lowest BCUT2D eigenvalue weighted by atomic mass is 9.75. The number of aromatic nitrogens is 1. The molecule has 0 atom stereocenters. The van der Waals surface area contributed by atoms with Crippen LogP contribution in [0.5, 0.6) is 0 Å². The zero-order chi connectivity index (χ0) is 17.4. The van der Waals surface area contributed by atoms with E-state index in [0.717, 1.165) is 35.5 Å². The zero-order valence-electron chi connectivity index (χ0n) is 15.4. The van der Waals surface area contributed by atoms with Crippen molar-refractivity contribution in [3.8, 4) is 0 Å². The van der Waals surface area contributed by atoms with Crippen LogP contribution in [-0.2, 0) is 24.2 Å². The first kappa shape index (κ1) is 17.8. The normalized spacial score (nSPS) is 16.6. The molecule has 0 radical (unpaired) electrons. The number of carbonyl (C=O) groups is 2. The van der Waals surface area contributed by atoms with Crippen molar-refractivity contribution in [3.05, 3.63) is 22.5 Å². The molecule has 23 heavy (non-hydrogen) atoms. The number of rotatable bonds is 5. The Morgan fingerprint density at radius 1 is 1.30 bits per heavy atom. The van der Waals surface area contributed by atoms with Gasteiger partial charge in [-0.2, -0.15) is 0 Å². The molecule has 0 aromatic carbocycles. The van der Waals surface area contributed by atoms with Gasteiger partial charge in [-0.05, 0) is 37.2 Å². The van der Waals surface area contributed by atoms with Crippen molar-refractivity contribution in [2.24, 2.45) is 11.3 Å². The molecule has 4 nitrogen and oxygen atoms in total. The lowest BCUT2D eigenvalue weighted by Crippen LogP contribution is -2.29. The first-order valence-electron chi connectivity index (χ1n) is 8.67. The number of carbonyl (C=O) groups excluding carboxylic acids is 2. The highest BCUT2D eigenvalue weighted by Crippen LogP contribution is 2.39. The van der Waals surface area contributed by atoms with Crippen molar-refractivity contribution in [2.45, 2.75) is 67.3 Å². The van der Waals surface area contributed by atoms with Gasteiger partial charge in [0, 0.05) is 36.5 Å². The summed E-state index contributed by atoms with van der Waals surface area (Å²) in [6, 6.07) is 0. The van der Waals surface area contributed by atoms with Crippen molar-refractivity contribution in [2.75, 3.05) is 6.54 Å². The second-order valence-corrected chi connectivity index (χ2v) is 7.96. The summed E-state index contributed by atoms with van der Waals surface area (Å²) in [6.07, 6.45) is 1.77. The fraction of sp³-hybridized carbons (Fsp3) is 0.684. The quantitative estimate of drug-likeness (QED) is 0.905. The highest BCUT2D eigenvalue weighted by atomic mass is 16.1.